The molecule has 0 aliphatic carbocycles. The Morgan fingerprint density at radius 3 is 1.97 bits per heavy atom. The zero-order valence-corrected chi connectivity index (χ0v) is 16.9. The fourth-order valence-corrected chi connectivity index (χ4v) is 2.87. The van der Waals surface area contributed by atoms with E-state index >= 15 is 0 Å². The maximum Gasteiger partial charge on any atom is 0.255 e. The highest BCUT2D eigenvalue weighted by molar-refractivity contribution is 5.98. The minimum absolute atomic E-state index is 0.303. The van der Waals surface area contributed by atoms with Gasteiger partial charge in [0.1, 0.15) is 17.3 Å². The van der Waals surface area contributed by atoms with E-state index in [0.29, 0.717) is 40.9 Å². The lowest BCUT2D eigenvalue weighted by molar-refractivity contribution is 0.0947. The van der Waals surface area contributed by atoms with Crippen molar-refractivity contribution >= 4 is 5.91 Å². The number of rotatable bonds is 8. The summed E-state index contributed by atoms with van der Waals surface area (Å²) in [5.74, 6) is 1.66. The van der Waals surface area contributed by atoms with Crippen LogP contribution in [-0.2, 0) is 6.54 Å². The SMILES string of the molecule is COc1ccc(C(=O)NCc2ccc(Oc3ccc(F)cc3)cc2)c(OC)c1OC. The number of amides is 1. The second-order valence-corrected chi connectivity index (χ2v) is 6.26. The summed E-state index contributed by atoms with van der Waals surface area (Å²) in [6, 6.07) is 16.3. The van der Waals surface area contributed by atoms with Crippen LogP contribution in [0.15, 0.2) is 60.7 Å². The highest BCUT2D eigenvalue weighted by atomic mass is 19.1. The molecule has 1 N–H and O–H groups in total. The van der Waals surface area contributed by atoms with Gasteiger partial charge >= 0.3 is 0 Å². The standard InChI is InChI=1S/C23H22FNO5/c1-27-20-13-12-19(21(28-2)22(20)29-3)23(26)25-14-15-4-8-17(9-5-15)30-18-10-6-16(24)7-11-18/h4-13H,14H2,1-3H3,(H,25,26). The maximum atomic E-state index is 13.0. The monoisotopic (exact) mass is 411 g/mol. The molecule has 0 unspecified atom stereocenters. The summed E-state index contributed by atoms with van der Waals surface area (Å²) in [5, 5.41) is 2.86. The van der Waals surface area contributed by atoms with Crippen LogP contribution in [0.5, 0.6) is 28.7 Å². The maximum absolute atomic E-state index is 13.0. The number of nitrogens with one attached hydrogen (secondary N) is 1. The third kappa shape index (κ3) is 4.81. The fourth-order valence-electron chi connectivity index (χ4n) is 2.87. The Labute approximate surface area is 174 Å². The Morgan fingerprint density at radius 1 is 0.800 bits per heavy atom. The van der Waals surface area contributed by atoms with Crippen LogP contribution in [-0.4, -0.2) is 27.2 Å². The molecule has 0 aromatic heterocycles. The van der Waals surface area contributed by atoms with Crippen LogP contribution in [0.4, 0.5) is 4.39 Å². The van der Waals surface area contributed by atoms with Crippen LogP contribution >= 0.6 is 0 Å². The average molecular weight is 411 g/mol. The van der Waals surface area contributed by atoms with E-state index in [1.54, 1.807) is 36.4 Å². The molecule has 0 aliphatic rings. The lowest BCUT2D eigenvalue weighted by Crippen LogP contribution is -2.23. The highest BCUT2D eigenvalue weighted by Crippen LogP contribution is 2.39. The van der Waals surface area contributed by atoms with Gasteiger partial charge in [-0.25, -0.2) is 4.39 Å². The van der Waals surface area contributed by atoms with Gasteiger partial charge in [-0.05, 0) is 54.1 Å². The zero-order valence-electron chi connectivity index (χ0n) is 16.9. The van der Waals surface area contributed by atoms with Gasteiger partial charge in [0.2, 0.25) is 5.75 Å². The van der Waals surface area contributed by atoms with Gasteiger partial charge in [0.05, 0.1) is 26.9 Å². The third-order valence-electron chi connectivity index (χ3n) is 4.37. The molecule has 3 rings (SSSR count). The van der Waals surface area contributed by atoms with E-state index < -0.39 is 0 Å². The van der Waals surface area contributed by atoms with Crippen molar-refractivity contribution < 1.29 is 28.1 Å². The molecule has 0 saturated carbocycles. The second kappa shape index (κ2) is 9.65. The van der Waals surface area contributed by atoms with Gasteiger partial charge < -0.3 is 24.3 Å². The van der Waals surface area contributed by atoms with Crippen molar-refractivity contribution in [3.8, 4) is 28.7 Å². The second-order valence-electron chi connectivity index (χ2n) is 6.26. The largest absolute Gasteiger partial charge is 0.493 e. The summed E-state index contributed by atoms with van der Waals surface area (Å²) < 4.78 is 34.5. The molecule has 0 spiro atoms. The third-order valence-corrected chi connectivity index (χ3v) is 4.37. The van der Waals surface area contributed by atoms with E-state index in [0.717, 1.165) is 5.56 Å². The van der Waals surface area contributed by atoms with Gasteiger partial charge in [-0.15, -0.1) is 0 Å². The number of carbonyl (C=O) groups is 1. The van der Waals surface area contributed by atoms with Crippen molar-refractivity contribution in [3.05, 3.63) is 77.6 Å². The number of halogens is 1. The van der Waals surface area contributed by atoms with E-state index in [4.69, 9.17) is 18.9 Å². The summed E-state index contributed by atoms with van der Waals surface area (Å²) in [6.45, 7) is 0.313. The van der Waals surface area contributed by atoms with Gasteiger partial charge in [0.25, 0.3) is 5.91 Å². The molecule has 0 bridgehead atoms. The number of ether oxygens (including phenoxy) is 4. The number of methoxy groups -OCH3 is 3. The minimum atomic E-state index is -0.320. The number of carbonyl (C=O) groups excluding carboxylic acids is 1. The van der Waals surface area contributed by atoms with Crippen molar-refractivity contribution in [1.82, 2.24) is 5.32 Å². The summed E-state index contributed by atoms with van der Waals surface area (Å²) in [6.07, 6.45) is 0. The van der Waals surface area contributed by atoms with Crippen molar-refractivity contribution in [2.24, 2.45) is 0 Å². The van der Waals surface area contributed by atoms with Gasteiger partial charge in [-0.2, -0.15) is 0 Å². The number of hydrogen-bond acceptors (Lipinski definition) is 5. The Bertz CT molecular complexity index is 1000. The van der Waals surface area contributed by atoms with Crippen LogP contribution < -0.4 is 24.3 Å². The summed E-state index contributed by atoms with van der Waals surface area (Å²) in [4.78, 5) is 12.7. The smallest absolute Gasteiger partial charge is 0.255 e. The Morgan fingerprint density at radius 2 is 1.40 bits per heavy atom. The first-order chi connectivity index (χ1) is 14.5. The van der Waals surface area contributed by atoms with Crippen molar-refractivity contribution in [1.29, 1.82) is 0 Å². The van der Waals surface area contributed by atoms with Crippen LogP contribution in [0, 0.1) is 5.82 Å². The molecule has 6 nitrogen and oxygen atoms in total. The first-order valence-corrected chi connectivity index (χ1v) is 9.15. The summed E-state index contributed by atoms with van der Waals surface area (Å²) >= 11 is 0. The minimum Gasteiger partial charge on any atom is -0.493 e. The van der Waals surface area contributed by atoms with Crippen molar-refractivity contribution in [3.63, 3.8) is 0 Å². The van der Waals surface area contributed by atoms with Gasteiger partial charge in [0.15, 0.2) is 11.5 Å². The van der Waals surface area contributed by atoms with E-state index in [1.165, 1.54) is 33.5 Å². The Hall–Kier alpha value is -3.74. The van der Waals surface area contributed by atoms with Crippen LogP contribution in [0.25, 0.3) is 0 Å². The van der Waals surface area contributed by atoms with Gasteiger partial charge in [-0.3, -0.25) is 4.79 Å². The fraction of sp³-hybridized carbons (Fsp3) is 0.174. The molecule has 0 fully saturated rings. The van der Waals surface area contributed by atoms with Crippen molar-refractivity contribution in [2.45, 2.75) is 6.54 Å². The van der Waals surface area contributed by atoms with E-state index in [9.17, 15) is 9.18 Å². The lowest BCUT2D eigenvalue weighted by Gasteiger charge is -2.15. The molecule has 156 valence electrons. The van der Waals surface area contributed by atoms with Crippen LogP contribution in [0.3, 0.4) is 0 Å². The predicted molar refractivity (Wildman–Crippen MR) is 110 cm³/mol. The lowest BCUT2D eigenvalue weighted by atomic mass is 10.1. The summed E-state index contributed by atoms with van der Waals surface area (Å²) in [7, 11) is 4.46. The molecular weight excluding hydrogens is 389 g/mol. The van der Waals surface area contributed by atoms with Crippen LogP contribution in [0.1, 0.15) is 15.9 Å². The normalized spacial score (nSPS) is 10.3. The van der Waals surface area contributed by atoms with Crippen molar-refractivity contribution in [2.75, 3.05) is 21.3 Å². The Kier molecular flexibility index (Phi) is 6.75. The van der Waals surface area contributed by atoms with Gasteiger partial charge in [0, 0.05) is 6.54 Å². The average Bonchev–Trinajstić information content (AvgIpc) is 2.78. The topological polar surface area (TPSA) is 66.0 Å². The number of benzene rings is 3. The van der Waals surface area contributed by atoms with E-state index in [1.807, 2.05) is 12.1 Å². The first kappa shape index (κ1) is 21.0. The molecule has 0 saturated heterocycles. The van der Waals surface area contributed by atoms with E-state index in [-0.39, 0.29) is 11.7 Å². The van der Waals surface area contributed by atoms with Crippen LogP contribution in [0.2, 0.25) is 0 Å². The quantitative estimate of drug-likeness (QED) is 0.588. The molecule has 3 aromatic rings. The summed E-state index contributed by atoms with van der Waals surface area (Å²) in [5.41, 5.74) is 1.22. The molecule has 7 heteroatoms. The molecule has 30 heavy (non-hydrogen) atoms. The molecule has 3 aromatic carbocycles. The van der Waals surface area contributed by atoms with E-state index in [2.05, 4.69) is 5.32 Å². The molecule has 0 heterocycles. The Balaban J connectivity index is 1.65. The number of hydrogen-bond donors (Lipinski definition) is 1. The molecule has 0 aliphatic heterocycles. The molecule has 0 radical (unpaired) electrons. The molecule has 0 atom stereocenters. The van der Waals surface area contributed by atoms with Gasteiger partial charge in [-0.1, -0.05) is 12.1 Å². The first-order valence-electron chi connectivity index (χ1n) is 9.15. The molecule has 1 amide bonds. The zero-order chi connectivity index (χ0) is 21.5. The molecular formula is C23H22FNO5. The highest BCUT2D eigenvalue weighted by Gasteiger charge is 2.20. The predicted octanol–water partition coefficient (Wildman–Crippen LogP) is 4.57.